The van der Waals surface area contributed by atoms with Gasteiger partial charge in [-0.15, -0.1) is 0 Å². The van der Waals surface area contributed by atoms with E-state index < -0.39 is 41.4 Å². The van der Waals surface area contributed by atoms with E-state index in [0.717, 1.165) is 31.9 Å². The smallest absolute Gasteiger partial charge is 0.338 e. The van der Waals surface area contributed by atoms with Crippen LogP contribution in [0.25, 0.3) is 0 Å². The Bertz CT molecular complexity index is 1650. The Morgan fingerprint density at radius 3 is 1.95 bits per heavy atom. The van der Waals surface area contributed by atoms with E-state index in [1.54, 1.807) is 6.92 Å². The summed E-state index contributed by atoms with van der Waals surface area (Å²) in [6, 6.07) is 14.2. The van der Waals surface area contributed by atoms with Gasteiger partial charge in [0, 0.05) is 25.0 Å². The number of carbonyl (C=O) groups is 6. The quantitative estimate of drug-likeness (QED) is 0.139. The predicted octanol–water partition coefficient (Wildman–Crippen LogP) is 5.01. The van der Waals surface area contributed by atoms with E-state index in [-0.39, 0.29) is 52.5 Å². The molecule has 0 radical (unpaired) electrons. The molecule has 1 unspecified atom stereocenters. The van der Waals surface area contributed by atoms with Crippen LogP contribution in [0.2, 0.25) is 0 Å². The third-order valence-electron chi connectivity index (χ3n) is 6.85. The van der Waals surface area contributed by atoms with Crippen LogP contribution in [-0.2, 0) is 30.3 Å². The van der Waals surface area contributed by atoms with Crippen LogP contribution in [0.15, 0.2) is 54.6 Å². The number of benzene rings is 3. The summed E-state index contributed by atoms with van der Waals surface area (Å²) in [5, 5.41) is 0. The summed E-state index contributed by atoms with van der Waals surface area (Å²) >= 11 is 0. The molecule has 0 N–H and O–H groups in total. The Morgan fingerprint density at radius 2 is 1.32 bits per heavy atom. The maximum absolute atomic E-state index is 13.5. The first-order valence-electron chi connectivity index (χ1n) is 14.1. The van der Waals surface area contributed by atoms with Gasteiger partial charge in [-0.3, -0.25) is 24.0 Å². The lowest BCUT2D eigenvalue weighted by Gasteiger charge is -2.22. The summed E-state index contributed by atoms with van der Waals surface area (Å²) in [4.78, 5) is 75.9. The molecule has 1 aliphatic rings. The molecular weight excluding hydrogens is 568 g/mol. The molecule has 0 aromatic heterocycles. The molecule has 0 saturated heterocycles. The minimum Gasteiger partial charge on any atom is -0.462 e. The highest BCUT2D eigenvalue weighted by Crippen LogP contribution is 2.38. The van der Waals surface area contributed by atoms with Crippen LogP contribution in [0.4, 0.5) is 0 Å². The molecule has 0 spiro atoms. The number of rotatable bonds is 10. The maximum Gasteiger partial charge on any atom is 0.338 e. The number of fused-ring (bicyclic) bond motifs is 2. The van der Waals surface area contributed by atoms with E-state index >= 15 is 0 Å². The van der Waals surface area contributed by atoms with Gasteiger partial charge in [0.25, 0.3) is 0 Å². The van der Waals surface area contributed by atoms with E-state index in [2.05, 4.69) is 13.8 Å². The first kappa shape index (κ1) is 31.8. The SMILES string of the molecule is CC(=O)Oc1cccc2c1C(=O)c1c(OC(C)=O)cc(C(=O)OCCOC(=O)C(C)c3ccc(CC(C)C)cc3)cc1C2=O. The number of ether oxygens (including phenoxy) is 4. The molecule has 3 aromatic carbocycles. The molecule has 1 atom stereocenters. The van der Waals surface area contributed by atoms with Crippen LogP contribution in [-0.4, -0.2) is 48.7 Å². The minimum atomic E-state index is -0.897. The molecule has 1 aliphatic carbocycles. The second-order valence-corrected chi connectivity index (χ2v) is 10.8. The van der Waals surface area contributed by atoms with Gasteiger partial charge in [0.1, 0.15) is 24.7 Å². The van der Waals surface area contributed by atoms with E-state index in [1.807, 2.05) is 24.3 Å². The van der Waals surface area contributed by atoms with E-state index in [0.29, 0.717) is 5.92 Å². The van der Waals surface area contributed by atoms with Crippen LogP contribution >= 0.6 is 0 Å². The van der Waals surface area contributed by atoms with Gasteiger partial charge in [-0.1, -0.05) is 50.2 Å². The fourth-order valence-corrected chi connectivity index (χ4v) is 4.88. The molecule has 10 nitrogen and oxygen atoms in total. The number of carbonyl (C=O) groups excluding carboxylic acids is 6. The average Bonchev–Trinajstić information content (AvgIpc) is 2.96. The van der Waals surface area contributed by atoms with Gasteiger partial charge in [0.2, 0.25) is 5.78 Å². The second kappa shape index (κ2) is 13.5. The summed E-state index contributed by atoms with van der Waals surface area (Å²) in [5.74, 6) is -4.71. The van der Waals surface area contributed by atoms with E-state index in [1.165, 1.54) is 29.8 Å². The lowest BCUT2D eigenvalue weighted by Crippen LogP contribution is -2.25. The summed E-state index contributed by atoms with van der Waals surface area (Å²) < 4.78 is 20.9. The Hall–Kier alpha value is -5.12. The molecule has 0 bridgehead atoms. The molecule has 0 saturated carbocycles. The Morgan fingerprint density at radius 1 is 0.705 bits per heavy atom. The van der Waals surface area contributed by atoms with Crippen LogP contribution in [0.5, 0.6) is 11.5 Å². The molecule has 0 amide bonds. The molecule has 44 heavy (non-hydrogen) atoms. The molecular formula is C34H32O10. The second-order valence-electron chi connectivity index (χ2n) is 10.8. The third kappa shape index (κ3) is 7.08. The fraction of sp³-hybridized carbons (Fsp3) is 0.294. The first-order chi connectivity index (χ1) is 20.9. The van der Waals surface area contributed by atoms with Crippen LogP contribution in [0.1, 0.15) is 93.9 Å². The lowest BCUT2D eigenvalue weighted by atomic mass is 9.82. The lowest BCUT2D eigenvalue weighted by molar-refractivity contribution is -0.146. The summed E-state index contributed by atoms with van der Waals surface area (Å²) in [5.41, 5.74) is 1.16. The monoisotopic (exact) mass is 600 g/mol. The first-order valence-corrected chi connectivity index (χ1v) is 14.1. The Kier molecular flexibility index (Phi) is 9.73. The summed E-state index contributed by atoms with van der Waals surface area (Å²) in [7, 11) is 0. The molecule has 4 rings (SSSR count). The largest absolute Gasteiger partial charge is 0.462 e. The average molecular weight is 601 g/mol. The predicted molar refractivity (Wildman–Crippen MR) is 157 cm³/mol. The normalized spacial score (nSPS) is 12.6. The van der Waals surface area contributed by atoms with E-state index in [4.69, 9.17) is 18.9 Å². The van der Waals surface area contributed by atoms with Crippen molar-refractivity contribution in [1.29, 1.82) is 0 Å². The fourth-order valence-electron chi connectivity index (χ4n) is 4.88. The zero-order chi connectivity index (χ0) is 32.1. The van der Waals surface area contributed by atoms with Crippen molar-refractivity contribution < 1.29 is 47.7 Å². The molecule has 0 heterocycles. The third-order valence-corrected chi connectivity index (χ3v) is 6.85. The highest BCUT2D eigenvalue weighted by atomic mass is 16.6. The van der Waals surface area contributed by atoms with Gasteiger partial charge >= 0.3 is 23.9 Å². The van der Waals surface area contributed by atoms with E-state index in [9.17, 15) is 28.8 Å². The van der Waals surface area contributed by atoms with Gasteiger partial charge in [0.05, 0.1) is 22.6 Å². The number of ketones is 2. The van der Waals surface area contributed by atoms with Gasteiger partial charge < -0.3 is 18.9 Å². The zero-order valence-corrected chi connectivity index (χ0v) is 25.1. The van der Waals surface area contributed by atoms with Crippen molar-refractivity contribution in [3.8, 4) is 11.5 Å². The van der Waals surface area contributed by atoms with Crippen LogP contribution in [0, 0.1) is 5.92 Å². The molecule has 10 heteroatoms. The number of esters is 4. The van der Waals surface area contributed by atoms with Crippen LogP contribution in [0.3, 0.4) is 0 Å². The zero-order valence-electron chi connectivity index (χ0n) is 25.1. The van der Waals surface area contributed by atoms with Crippen molar-refractivity contribution in [3.05, 3.63) is 93.5 Å². The Balaban J connectivity index is 1.47. The minimum absolute atomic E-state index is 0.0452. The highest BCUT2D eigenvalue weighted by molar-refractivity contribution is 6.30. The summed E-state index contributed by atoms with van der Waals surface area (Å²) in [6.45, 7) is 7.74. The molecule has 0 fully saturated rings. The molecule has 0 aliphatic heterocycles. The van der Waals surface area contributed by atoms with Gasteiger partial charge in [-0.25, -0.2) is 4.79 Å². The molecule has 3 aromatic rings. The van der Waals surface area contributed by atoms with Crippen molar-refractivity contribution in [1.82, 2.24) is 0 Å². The van der Waals surface area contributed by atoms with Crippen molar-refractivity contribution in [2.75, 3.05) is 13.2 Å². The standard InChI is InChI=1S/C34H32O10/c1-18(2)15-22-9-11-23(12-10-22)19(3)33(39)41-13-14-42-34(40)24-16-26-30(28(17-24)44-21(5)36)32(38)29-25(31(26)37)7-6-8-27(29)43-20(4)35/h6-12,16-19H,13-15H2,1-5H3. The summed E-state index contributed by atoms with van der Waals surface area (Å²) in [6.07, 6.45) is 0.936. The Labute approximate surface area is 254 Å². The highest BCUT2D eigenvalue weighted by Gasteiger charge is 2.36. The molecule has 228 valence electrons. The van der Waals surface area contributed by atoms with Crippen molar-refractivity contribution in [2.45, 2.75) is 47.0 Å². The van der Waals surface area contributed by atoms with Crippen molar-refractivity contribution in [3.63, 3.8) is 0 Å². The number of hydrogen-bond donors (Lipinski definition) is 0. The maximum atomic E-state index is 13.5. The van der Waals surface area contributed by atoms with Crippen molar-refractivity contribution >= 4 is 35.4 Å². The van der Waals surface area contributed by atoms with Gasteiger partial charge in [-0.2, -0.15) is 0 Å². The topological polar surface area (TPSA) is 139 Å². The van der Waals surface area contributed by atoms with Gasteiger partial charge in [0.15, 0.2) is 5.78 Å². The van der Waals surface area contributed by atoms with Crippen LogP contribution < -0.4 is 9.47 Å². The van der Waals surface area contributed by atoms with Crippen molar-refractivity contribution in [2.24, 2.45) is 5.92 Å². The van der Waals surface area contributed by atoms with Gasteiger partial charge in [-0.05, 0) is 48.6 Å². The number of hydrogen-bond acceptors (Lipinski definition) is 10.